The van der Waals surface area contributed by atoms with Gasteiger partial charge in [-0.25, -0.2) is 0 Å². The zero-order chi connectivity index (χ0) is 11.4. The van der Waals surface area contributed by atoms with E-state index in [0.717, 1.165) is 18.2 Å². The van der Waals surface area contributed by atoms with Gasteiger partial charge in [-0.15, -0.1) is 0 Å². The summed E-state index contributed by atoms with van der Waals surface area (Å²) in [7, 11) is 0. The van der Waals surface area contributed by atoms with E-state index in [9.17, 15) is 4.79 Å². The Labute approximate surface area is 104 Å². The lowest BCUT2D eigenvalue weighted by molar-refractivity contribution is -0.149. The quantitative estimate of drug-likeness (QED) is 0.796. The molecule has 0 spiro atoms. The average molecular weight is 292 g/mol. The van der Waals surface area contributed by atoms with Gasteiger partial charge in [0.25, 0.3) is 5.91 Å². The van der Waals surface area contributed by atoms with Crippen LogP contribution in [0.15, 0.2) is 0 Å². The molecule has 0 aromatic heterocycles. The lowest BCUT2D eigenvalue weighted by Crippen LogP contribution is -2.53. The minimum atomic E-state index is -0.426. The van der Waals surface area contributed by atoms with Crippen LogP contribution in [0.4, 0.5) is 0 Å². The van der Waals surface area contributed by atoms with Crippen LogP contribution in [0.1, 0.15) is 25.7 Å². The van der Waals surface area contributed by atoms with Gasteiger partial charge in [-0.2, -0.15) is 0 Å². The molecule has 0 bridgehead atoms. The number of alkyl halides is 1. The molecule has 92 valence electrons. The van der Waals surface area contributed by atoms with E-state index in [-0.39, 0.29) is 11.4 Å². The minimum Gasteiger partial charge on any atom is -0.376 e. The second-order valence-corrected chi connectivity index (χ2v) is 5.11. The SMILES string of the molecule is O=C(NC1(CBr)CCCC1)C1COCCO1. The minimum absolute atomic E-state index is 0.0268. The van der Waals surface area contributed by atoms with Crippen molar-refractivity contribution in [2.75, 3.05) is 25.2 Å². The van der Waals surface area contributed by atoms with Gasteiger partial charge in [0.15, 0.2) is 6.10 Å². The van der Waals surface area contributed by atoms with Gasteiger partial charge in [0.05, 0.1) is 19.8 Å². The van der Waals surface area contributed by atoms with Crippen molar-refractivity contribution in [1.82, 2.24) is 5.32 Å². The lowest BCUT2D eigenvalue weighted by atomic mass is 10.0. The molecule has 0 radical (unpaired) electrons. The molecule has 1 unspecified atom stereocenters. The van der Waals surface area contributed by atoms with E-state index in [1.165, 1.54) is 12.8 Å². The van der Waals surface area contributed by atoms with Crippen LogP contribution in [0, 0.1) is 0 Å². The summed E-state index contributed by atoms with van der Waals surface area (Å²) in [5.74, 6) is -0.0268. The van der Waals surface area contributed by atoms with Gasteiger partial charge in [-0.3, -0.25) is 4.79 Å². The number of carbonyl (C=O) groups is 1. The third kappa shape index (κ3) is 2.76. The highest BCUT2D eigenvalue weighted by Crippen LogP contribution is 2.31. The Kier molecular flexibility index (Phi) is 4.21. The third-order valence-corrected chi connectivity index (χ3v) is 4.39. The number of carbonyl (C=O) groups excluding carboxylic acids is 1. The predicted molar refractivity (Wildman–Crippen MR) is 63.7 cm³/mol. The second kappa shape index (κ2) is 5.47. The maximum Gasteiger partial charge on any atom is 0.252 e. The first-order chi connectivity index (χ1) is 7.76. The molecule has 1 saturated heterocycles. The molecule has 0 aromatic rings. The molecule has 1 aliphatic carbocycles. The number of ether oxygens (including phenoxy) is 2. The maximum absolute atomic E-state index is 12.0. The fourth-order valence-corrected chi connectivity index (χ4v) is 3.03. The smallest absolute Gasteiger partial charge is 0.252 e. The number of hydrogen-bond acceptors (Lipinski definition) is 3. The van der Waals surface area contributed by atoms with Gasteiger partial charge in [-0.05, 0) is 12.8 Å². The Bertz CT molecular complexity index is 248. The number of amides is 1. The van der Waals surface area contributed by atoms with Gasteiger partial charge in [0.1, 0.15) is 0 Å². The van der Waals surface area contributed by atoms with Crippen molar-refractivity contribution in [3.63, 3.8) is 0 Å². The van der Waals surface area contributed by atoms with E-state index in [4.69, 9.17) is 9.47 Å². The first-order valence-electron chi connectivity index (χ1n) is 5.83. The van der Waals surface area contributed by atoms with Gasteiger partial charge < -0.3 is 14.8 Å². The Morgan fingerprint density at radius 3 is 2.69 bits per heavy atom. The highest BCUT2D eigenvalue weighted by Gasteiger charge is 2.36. The van der Waals surface area contributed by atoms with Gasteiger partial charge in [-0.1, -0.05) is 28.8 Å². The molecule has 2 fully saturated rings. The molecule has 4 nitrogen and oxygen atoms in total. The van der Waals surface area contributed by atoms with Crippen molar-refractivity contribution in [3.05, 3.63) is 0 Å². The van der Waals surface area contributed by atoms with Crippen LogP contribution < -0.4 is 5.32 Å². The first-order valence-corrected chi connectivity index (χ1v) is 6.95. The molecule has 5 heteroatoms. The summed E-state index contributed by atoms with van der Waals surface area (Å²) in [6.45, 7) is 1.48. The fourth-order valence-electron chi connectivity index (χ4n) is 2.32. The van der Waals surface area contributed by atoms with Crippen LogP contribution in [-0.4, -0.2) is 42.7 Å². The van der Waals surface area contributed by atoms with E-state index in [2.05, 4.69) is 21.2 Å². The van der Waals surface area contributed by atoms with Crippen molar-refractivity contribution in [1.29, 1.82) is 0 Å². The first kappa shape index (κ1) is 12.3. The van der Waals surface area contributed by atoms with Gasteiger partial charge in [0.2, 0.25) is 0 Å². The van der Waals surface area contributed by atoms with Crippen molar-refractivity contribution < 1.29 is 14.3 Å². The van der Waals surface area contributed by atoms with Crippen molar-refractivity contribution in [2.24, 2.45) is 0 Å². The molecule has 1 atom stereocenters. The number of rotatable bonds is 3. The zero-order valence-corrected chi connectivity index (χ0v) is 10.9. The molecule has 1 heterocycles. The van der Waals surface area contributed by atoms with Gasteiger partial charge >= 0.3 is 0 Å². The van der Waals surface area contributed by atoms with Crippen molar-refractivity contribution >= 4 is 21.8 Å². The lowest BCUT2D eigenvalue weighted by Gasteiger charge is -2.31. The monoisotopic (exact) mass is 291 g/mol. The average Bonchev–Trinajstić information content (AvgIpc) is 2.79. The van der Waals surface area contributed by atoms with Crippen LogP contribution >= 0.6 is 15.9 Å². The zero-order valence-electron chi connectivity index (χ0n) is 9.34. The summed E-state index contributed by atoms with van der Waals surface area (Å²) < 4.78 is 10.6. The standard InChI is InChI=1S/C11H18BrNO3/c12-8-11(3-1-2-4-11)13-10(14)9-7-15-5-6-16-9/h9H,1-8H2,(H,13,14). The Morgan fingerprint density at radius 1 is 1.38 bits per heavy atom. The maximum atomic E-state index is 12.0. The Morgan fingerprint density at radius 2 is 2.12 bits per heavy atom. The molecule has 1 aliphatic heterocycles. The van der Waals surface area contributed by atoms with E-state index in [1.54, 1.807) is 0 Å². The summed E-state index contributed by atoms with van der Waals surface area (Å²) in [6.07, 6.45) is 4.06. The van der Waals surface area contributed by atoms with E-state index in [0.29, 0.717) is 19.8 Å². The molecule has 2 rings (SSSR count). The number of halogens is 1. The largest absolute Gasteiger partial charge is 0.376 e. The Hall–Kier alpha value is -0.130. The topological polar surface area (TPSA) is 47.6 Å². The summed E-state index contributed by atoms with van der Waals surface area (Å²) in [5.41, 5.74) is -0.0576. The number of nitrogens with one attached hydrogen (secondary N) is 1. The fraction of sp³-hybridized carbons (Fsp3) is 0.909. The van der Waals surface area contributed by atoms with Gasteiger partial charge in [0, 0.05) is 10.9 Å². The second-order valence-electron chi connectivity index (χ2n) is 4.54. The number of hydrogen-bond donors (Lipinski definition) is 1. The summed E-state index contributed by atoms with van der Waals surface area (Å²) >= 11 is 3.50. The van der Waals surface area contributed by atoms with E-state index < -0.39 is 6.10 Å². The highest BCUT2D eigenvalue weighted by atomic mass is 79.9. The summed E-state index contributed by atoms with van der Waals surface area (Å²) in [4.78, 5) is 12.0. The molecule has 1 saturated carbocycles. The molecule has 2 aliphatic rings. The molecule has 0 aromatic carbocycles. The molecule has 1 N–H and O–H groups in total. The third-order valence-electron chi connectivity index (χ3n) is 3.31. The normalized spacial score (nSPS) is 28.9. The van der Waals surface area contributed by atoms with Crippen LogP contribution in [0.25, 0.3) is 0 Å². The van der Waals surface area contributed by atoms with E-state index >= 15 is 0 Å². The molecule has 16 heavy (non-hydrogen) atoms. The summed E-state index contributed by atoms with van der Waals surface area (Å²) in [5, 5.41) is 3.94. The Balaban J connectivity index is 1.89. The van der Waals surface area contributed by atoms with Crippen LogP contribution in [0.2, 0.25) is 0 Å². The predicted octanol–water partition coefficient (Wildman–Crippen LogP) is 1.23. The van der Waals surface area contributed by atoms with Crippen molar-refractivity contribution in [3.8, 4) is 0 Å². The van der Waals surface area contributed by atoms with Crippen molar-refractivity contribution in [2.45, 2.75) is 37.3 Å². The molecule has 1 amide bonds. The summed E-state index contributed by atoms with van der Waals surface area (Å²) in [6, 6.07) is 0. The van der Waals surface area contributed by atoms with Crippen LogP contribution in [0.3, 0.4) is 0 Å². The van der Waals surface area contributed by atoms with Crippen LogP contribution in [0.5, 0.6) is 0 Å². The molecular weight excluding hydrogens is 274 g/mol. The van der Waals surface area contributed by atoms with Crippen LogP contribution in [-0.2, 0) is 14.3 Å². The molecular formula is C11H18BrNO3. The van der Waals surface area contributed by atoms with E-state index in [1.807, 2.05) is 0 Å². The highest BCUT2D eigenvalue weighted by molar-refractivity contribution is 9.09.